The summed E-state index contributed by atoms with van der Waals surface area (Å²) in [4.78, 5) is 24.3. The molecule has 1 N–H and O–H groups in total. The lowest BCUT2D eigenvalue weighted by molar-refractivity contribution is -0.260. The molecular weight excluding hydrogens is 402 g/mol. The summed E-state index contributed by atoms with van der Waals surface area (Å²) >= 11 is 0. The molecule has 4 nitrogen and oxygen atoms in total. The Kier molecular flexibility index (Phi) is 7.23. The van der Waals surface area contributed by atoms with Crippen molar-refractivity contribution in [2.24, 2.45) is 0 Å². The Balaban J connectivity index is 2.39. The monoisotopic (exact) mass is 425 g/mol. The Bertz CT molecular complexity index is 911. The molecule has 162 valence electrons. The molecule has 0 radical (unpaired) electrons. The van der Waals surface area contributed by atoms with Gasteiger partial charge in [-0.2, -0.15) is 8.78 Å². The third-order valence-electron chi connectivity index (χ3n) is 4.66. The molecule has 2 aromatic rings. The van der Waals surface area contributed by atoms with Crippen LogP contribution in [-0.4, -0.2) is 30.1 Å². The standard InChI is InChI=1S/C22H23F4NO3/c1-4-15-5-8-17(9-6-15)27-20(29)18-10-7-16(14(2)28)13-19(18)30-22(25,26)21(3,24)11-12-23/h5-10,13H,4,11-12H2,1-3H3,(H,27,29). The number of ether oxygens (including phenoxy) is 1. The van der Waals surface area contributed by atoms with Gasteiger partial charge in [-0.25, -0.2) is 4.39 Å². The average Bonchev–Trinajstić information content (AvgIpc) is 2.67. The van der Waals surface area contributed by atoms with Gasteiger partial charge in [-0.15, -0.1) is 0 Å². The zero-order chi connectivity index (χ0) is 22.5. The van der Waals surface area contributed by atoms with Gasteiger partial charge in [0.25, 0.3) is 5.91 Å². The molecule has 2 aromatic carbocycles. The number of carbonyl (C=O) groups is 2. The number of amides is 1. The highest BCUT2D eigenvalue weighted by molar-refractivity contribution is 6.07. The lowest BCUT2D eigenvalue weighted by Crippen LogP contribution is -2.47. The normalized spacial score (nSPS) is 13.4. The van der Waals surface area contributed by atoms with E-state index in [1.807, 2.05) is 6.92 Å². The first-order chi connectivity index (χ1) is 14.0. The molecule has 0 aliphatic rings. The lowest BCUT2D eigenvalue weighted by atomic mass is 10.0. The number of Topliss-reactive ketones (excluding diaryl/α,β-unsaturated/α-hetero) is 1. The van der Waals surface area contributed by atoms with E-state index < -0.39 is 42.3 Å². The van der Waals surface area contributed by atoms with Gasteiger partial charge >= 0.3 is 6.11 Å². The first-order valence-electron chi connectivity index (χ1n) is 9.37. The van der Waals surface area contributed by atoms with E-state index in [-0.39, 0.29) is 11.1 Å². The van der Waals surface area contributed by atoms with E-state index in [2.05, 4.69) is 10.1 Å². The minimum absolute atomic E-state index is 0.00398. The van der Waals surface area contributed by atoms with E-state index in [1.54, 1.807) is 24.3 Å². The van der Waals surface area contributed by atoms with E-state index in [0.29, 0.717) is 12.6 Å². The molecule has 0 heterocycles. The molecule has 0 aliphatic carbocycles. The van der Waals surface area contributed by atoms with Gasteiger partial charge in [0.05, 0.1) is 12.2 Å². The van der Waals surface area contributed by atoms with E-state index in [1.165, 1.54) is 13.0 Å². The zero-order valence-electron chi connectivity index (χ0n) is 16.9. The molecule has 0 saturated heterocycles. The number of anilines is 1. The second kappa shape index (κ2) is 9.28. The van der Waals surface area contributed by atoms with Crippen LogP contribution in [-0.2, 0) is 6.42 Å². The number of hydrogen-bond donors (Lipinski definition) is 1. The minimum atomic E-state index is -4.44. The molecule has 30 heavy (non-hydrogen) atoms. The topological polar surface area (TPSA) is 55.4 Å². The van der Waals surface area contributed by atoms with Crippen LogP contribution in [0.3, 0.4) is 0 Å². The largest absolute Gasteiger partial charge is 0.432 e. The number of benzene rings is 2. The van der Waals surface area contributed by atoms with Crippen LogP contribution in [0.5, 0.6) is 5.75 Å². The molecule has 0 spiro atoms. The third kappa shape index (κ3) is 5.37. The van der Waals surface area contributed by atoms with Crippen molar-refractivity contribution < 1.29 is 31.9 Å². The second-order valence-electron chi connectivity index (χ2n) is 7.03. The molecule has 1 atom stereocenters. The van der Waals surface area contributed by atoms with Crippen molar-refractivity contribution in [1.29, 1.82) is 0 Å². The van der Waals surface area contributed by atoms with E-state index in [9.17, 15) is 27.2 Å². The number of ketones is 1. The summed E-state index contributed by atoms with van der Waals surface area (Å²) < 4.78 is 60.1. The Morgan fingerprint density at radius 1 is 1.07 bits per heavy atom. The van der Waals surface area contributed by atoms with Gasteiger partial charge in [0, 0.05) is 17.7 Å². The summed E-state index contributed by atoms with van der Waals surface area (Å²) in [6.07, 6.45) is -4.74. The highest BCUT2D eigenvalue weighted by Crippen LogP contribution is 2.38. The smallest absolute Gasteiger partial charge is 0.429 e. The number of carbonyl (C=O) groups excluding carboxylic acids is 2. The van der Waals surface area contributed by atoms with Crippen molar-refractivity contribution >= 4 is 17.4 Å². The van der Waals surface area contributed by atoms with Crippen LogP contribution in [0.1, 0.15) is 53.5 Å². The van der Waals surface area contributed by atoms with Gasteiger partial charge in [-0.05, 0) is 50.1 Å². The SMILES string of the molecule is CCc1ccc(NC(=O)c2ccc(C(C)=O)cc2OC(F)(F)C(C)(F)CCF)cc1. The highest BCUT2D eigenvalue weighted by atomic mass is 19.3. The summed E-state index contributed by atoms with van der Waals surface area (Å²) in [5.74, 6) is -1.93. The van der Waals surface area contributed by atoms with E-state index >= 15 is 0 Å². The van der Waals surface area contributed by atoms with Crippen molar-refractivity contribution in [1.82, 2.24) is 0 Å². The molecule has 0 saturated carbocycles. The van der Waals surface area contributed by atoms with Crippen LogP contribution in [0, 0.1) is 0 Å². The van der Waals surface area contributed by atoms with Crippen molar-refractivity contribution in [3.05, 3.63) is 59.2 Å². The van der Waals surface area contributed by atoms with Crippen molar-refractivity contribution in [3.8, 4) is 5.75 Å². The van der Waals surface area contributed by atoms with Crippen molar-refractivity contribution in [2.45, 2.75) is 45.4 Å². The van der Waals surface area contributed by atoms with Crippen LogP contribution < -0.4 is 10.1 Å². The minimum Gasteiger partial charge on any atom is -0.429 e. The first kappa shape index (κ1) is 23.4. The fourth-order valence-electron chi connectivity index (χ4n) is 2.60. The van der Waals surface area contributed by atoms with Crippen LogP contribution in [0.4, 0.5) is 23.2 Å². The molecule has 0 aromatic heterocycles. The number of rotatable bonds is 9. The van der Waals surface area contributed by atoms with Crippen LogP contribution >= 0.6 is 0 Å². The highest BCUT2D eigenvalue weighted by Gasteiger charge is 2.54. The maximum Gasteiger partial charge on any atom is 0.432 e. The Morgan fingerprint density at radius 3 is 2.23 bits per heavy atom. The Labute approximate surface area is 172 Å². The van der Waals surface area contributed by atoms with Crippen LogP contribution in [0.2, 0.25) is 0 Å². The maximum absolute atomic E-state index is 14.4. The van der Waals surface area contributed by atoms with Gasteiger partial charge in [-0.1, -0.05) is 25.1 Å². The van der Waals surface area contributed by atoms with E-state index in [4.69, 9.17) is 0 Å². The fraction of sp³-hybridized carbons (Fsp3) is 0.364. The summed E-state index contributed by atoms with van der Waals surface area (Å²) in [5, 5.41) is 2.55. The summed E-state index contributed by atoms with van der Waals surface area (Å²) in [5.41, 5.74) is -2.19. The first-order valence-corrected chi connectivity index (χ1v) is 9.37. The lowest BCUT2D eigenvalue weighted by Gasteiger charge is -2.30. The molecule has 0 fully saturated rings. The molecule has 2 rings (SSSR count). The number of hydrogen-bond acceptors (Lipinski definition) is 3. The number of halogens is 4. The summed E-state index contributed by atoms with van der Waals surface area (Å²) in [6.45, 7) is 2.36. The Morgan fingerprint density at radius 2 is 1.70 bits per heavy atom. The van der Waals surface area contributed by atoms with Crippen molar-refractivity contribution in [2.75, 3.05) is 12.0 Å². The predicted molar refractivity (Wildman–Crippen MR) is 106 cm³/mol. The number of aryl methyl sites for hydroxylation is 1. The molecule has 1 unspecified atom stereocenters. The molecule has 0 bridgehead atoms. The molecule has 0 aliphatic heterocycles. The molecule has 8 heteroatoms. The van der Waals surface area contributed by atoms with Gasteiger partial charge < -0.3 is 10.1 Å². The number of alkyl halides is 4. The molecular formula is C22H23F4NO3. The Hall–Kier alpha value is -2.90. The predicted octanol–water partition coefficient (Wildman–Crippen LogP) is 5.76. The summed E-state index contributed by atoms with van der Waals surface area (Å²) in [6, 6.07) is 10.3. The zero-order valence-corrected chi connectivity index (χ0v) is 16.9. The number of nitrogens with one attached hydrogen (secondary N) is 1. The van der Waals surface area contributed by atoms with Gasteiger partial charge in [0.1, 0.15) is 5.75 Å². The second-order valence-corrected chi connectivity index (χ2v) is 7.03. The van der Waals surface area contributed by atoms with Gasteiger partial charge in [-0.3, -0.25) is 14.0 Å². The summed E-state index contributed by atoms with van der Waals surface area (Å²) in [7, 11) is 0. The average molecular weight is 425 g/mol. The maximum atomic E-state index is 14.4. The van der Waals surface area contributed by atoms with Gasteiger partial charge in [0.15, 0.2) is 5.78 Å². The van der Waals surface area contributed by atoms with E-state index in [0.717, 1.165) is 24.1 Å². The fourth-order valence-corrected chi connectivity index (χ4v) is 2.60. The quantitative estimate of drug-likeness (QED) is 0.410. The third-order valence-corrected chi connectivity index (χ3v) is 4.66. The molecule has 1 amide bonds. The van der Waals surface area contributed by atoms with Crippen LogP contribution in [0.15, 0.2) is 42.5 Å². The van der Waals surface area contributed by atoms with Crippen molar-refractivity contribution in [3.63, 3.8) is 0 Å². The van der Waals surface area contributed by atoms with Gasteiger partial charge in [0.2, 0.25) is 5.67 Å². The van der Waals surface area contributed by atoms with Crippen LogP contribution in [0.25, 0.3) is 0 Å².